The molecule has 1 aromatic rings. The number of amides is 1. The molecule has 0 radical (unpaired) electrons. The van der Waals surface area contributed by atoms with Crippen molar-refractivity contribution in [2.45, 2.75) is 79.1 Å². The normalized spacial score (nSPS) is 20.0. The molecule has 2 rings (SSSR count). The van der Waals surface area contributed by atoms with Crippen LogP contribution in [-0.2, 0) is 22.9 Å². The summed E-state index contributed by atoms with van der Waals surface area (Å²) in [5.74, 6) is 5.61. The summed E-state index contributed by atoms with van der Waals surface area (Å²) >= 11 is 0. The van der Waals surface area contributed by atoms with E-state index in [-0.39, 0.29) is 24.0 Å². The Labute approximate surface area is 193 Å². The van der Waals surface area contributed by atoms with Crippen molar-refractivity contribution in [2.75, 3.05) is 13.6 Å². The number of phosphoric ester groups is 1. The van der Waals surface area contributed by atoms with E-state index in [4.69, 9.17) is 13.6 Å². The van der Waals surface area contributed by atoms with Crippen molar-refractivity contribution in [1.82, 2.24) is 4.90 Å². The topological polar surface area (TPSA) is 65.1 Å². The van der Waals surface area contributed by atoms with Crippen LogP contribution in [0.3, 0.4) is 0 Å². The highest BCUT2D eigenvalue weighted by Gasteiger charge is 2.47. The highest BCUT2D eigenvalue weighted by molar-refractivity contribution is 7.48. The van der Waals surface area contributed by atoms with Crippen molar-refractivity contribution < 1.29 is 22.9 Å². The Hall–Kier alpha value is -1.64. The molecule has 1 amide bonds. The first-order valence-electron chi connectivity index (χ1n) is 11.5. The van der Waals surface area contributed by atoms with Gasteiger partial charge in [-0.25, -0.2) is 4.57 Å². The lowest BCUT2D eigenvalue weighted by atomic mass is 9.86. The van der Waals surface area contributed by atoms with Crippen LogP contribution in [0.2, 0.25) is 0 Å². The molecule has 178 valence electrons. The third kappa shape index (κ3) is 7.46. The van der Waals surface area contributed by atoms with Gasteiger partial charge in [0.25, 0.3) is 0 Å². The van der Waals surface area contributed by atoms with Crippen molar-refractivity contribution in [3.63, 3.8) is 0 Å². The summed E-state index contributed by atoms with van der Waals surface area (Å²) < 4.78 is 31.0. The van der Waals surface area contributed by atoms with Crippen LogP contribution in [0.25, 0.3) is 0 Å². The zero-order chi connectivity index (χ0) is 23.9. The van der Waals surface area contributed by atoms with Gasteiger partial charge < -0.3 is 4.90 Å². The first-order chi connectivity index (χ1) is 15.1. The molecule has 1 aromatic carbocycles. The monoisotopic (exact) mass is 463 g/mol. The van der Waals surface area contributed by atoms with Gasteiger partial charge in [0, 0.05) is 20.0 Å². The van der Waals surface area contributed by atoms with Gasteiger partial charge in [-0.1, -0.05) is 49.1 Å². The second kappa shape index (κ2) is 12.0. The average molecular weight is 464 g/mol. The number of carbonyl (C=O) groups excluding carboxylic acids is 1. The fourth-order valence-electron chi connectivity index (χ4n) is 3.69. The summed E-state index contributed by atoms with van der Waals surface area (Å²) in [4.78, 5) is 14.9. The molecule has 0 saturated carbocycles. The molecule has 32 heavy (non-hydrogen) atoms. The molecule has 1 aliphatic heterocycles. The maximum atomic E-state index is 13.6. The van der Waals surface area contributed by atoms with Crippen molar-refractivity contribution in [2.24, 2.45) is 11.8 Å². The summed E-state index contributed by atoms with van der Waals surface area (Å²) in [5, 5.41) is 0. The first-order valence-corrected chi connectivity index (χ1v) is 13.0. The predicted molar refractivity (Wildman–Crippen MR) is 127 cm³/mol. The quantitative estimate of drug-likeness (QED) is 0.245. The minimum atomic E-state index is -3.95. The Morgan fingerprint density at radius 1 is 1.09 bits per heavy atom. The Balaban J connectivity index is 2.48. The third-order valence-electron chi connectivity index (χ3n) is 5.16. The fourth-order valence-corrected chi connectivity index (χ4v) is 5.40. The molecule has 0 spiro atoms. The van der Waals surface area contributed by atoms with Crippen LogP contribution in [0.5, 0.6) is 0 Å². The number of phosphoric acid groups is 1. The van der Waals surface area contributed by atoms with Crippen LogP contribution in [0.1, 0.15) is 71.1 Å². The van der Waals surface area contributed by atoms with Gasteiger partial charge in [-0.05, 0) is 46.6 Å². The lowest BCUT2D eigenvalue weighted by Gasteiger charge is -2.30. The minimum Gasteiger partial charge on any atom is -0.344 e. The van der Waals surface area contributed by atoms with E-state index in [0.717, 1.165) is 30.4 Å². The summed E-state index contributed by atoms with van der Waals surface area (Å²) in [6.45, 7) is 11.7. The van der Waals surface area contributed by atoms with Gasteiger partial charge in [0.05, 0.1) is 24.0 Å². The van der Waals surface area contributed by atoms with Gasteiger partial charge in [0.15, 0.2) is 0 Å². The molecule has 0 aromatic heterocycles. The van der Waals surface area contributed by atoms with Crippen molar-refractivity contribution in [3.8, 4) is 11.8 Å². The van der Waals surface area contributed by atoms with Crippen LogP contribution < -0.4 is 0 Å². The van der Waals surface area contributed by atoms with Crippen molar-refractivity contribution in [3.05, 3.63) is 35.4 Å². The molecule has 1 fully saturated rings. The number of likely N-dealkylation sites (tertiary alicyclic amines) is 1. The number of rotatable bonds is 10. The van der Waals surface area contributed by atoms with Crippen LogP contribution in [-0.4, -0.2) is 36.6 Å². The summed E-state index contributed by atoms with van der Waals surface area (Å²) in [6.07, 6.45) is 1.33. The number of carbonyl (C=O) groups is 1. The molecular weight excluding hydrogens is 425 g/mol. The van der Waals surface area contributed by atoms with E-state index in [1.54, 1.807) is 39.6 Å². The van der Waals surface area contributed by atoms with E-state index in [0.29, 0.717) is 6.54 Å². The molecule has 6 nitrogen and oxygen atoms in total. The zero-order valence-electron chi connectivity index (χ0n) is 20.5. The standard InChI is InChI=1S/C25H38NO5P/c1-8-9-10-11-12-22-17-26(7)25(27)23(22)24(21-15-13-20(6)14-16-21)31-32(28,29-18(2)3)30-19(4)5/h13-16,18-19,22-24H,8-10,17H2,1-7H3/t22-,23-,24+/m1/s1. The van der Waals surface area contributed by atoms with Gasteiger partial charge in [-0.15, -0.1) is 5.92 Å². The fraction of sp³-hybridized carbons (Fsp3) is 0.640. The number of hydrogen-bond acceptors (Lipinski definition) is 5. The molecule has 7 heteroatoms. The number of unbranched alkanes of at least 4 members (excludes halogenated alkanes) is 2. The van der Waals surface area contributed by atoms with E-state index in [1.165, 1.54) is 0 Å². The second-order valence-electron chi connectivity index (χ2n) is 8.97. The molecule has 0 N–H and O–H groups in total. The Morgan fingerprint density at radius 2 is 1.69 bits per heavy atom. The highest BCUT2D eigenvalue weighted by Crippen LogP contribution is 2.57. The van der Waals surface area contributed by atoms with Crippen LogP contribution in [0.4, 0.5) is 0 Å². The zero-order valence-corrected chi connectivity index (χ0v) is 21.4. The molecule has 1 aliphatic rings. The Morgan fingerprint density at radius 3 is 2.22 bits per heavy atom. The molecule has 1 heterocycles. The molecule has 0 aliphatic carbocycles. The van der Waals surface area contributed by atoms with Gasteiger partial charge in [-0.3, -0.25) is 18.4 Å². The SMILES string of the molecule is CCCCC#C[C@@H]1CN(C)C(=O)[C@H]1[C@@H](OP(=O)(OC(C)C)OC(C)C)c1ccc(C)cc1. The number of aryl methyl sites for hydroxylation is 1. The lowest BCUT2D eigenvalue weighted by molar-refractivity contribution is -0.133. The minimum absolute atomic E-state index is 0.0778. The summed E-state index contributed by atoms with van der Waals surface area (Å²) in [7, 11) is -2.18. The lowest BCUT2D eigenvalue weighted by Crippen LogP contribution is -2.29. The van der Waals surface area contributed by atoms with Gasteiger partial charge in [0.2, 0.25) is 5.91 Å². The van der Waals surface area contributed by atoms with E-state index in [2.05, 4.69) is 18.8 Å². The maximum absolute atomic E-state index is 13.6. The Bertz CT molecular complexity index is 841. The molecule has 3 atom stereocenters. The van der Waals surface area contributed by atoms with Gasteiger partial charge in [-0.2, -0.15) is 0 Å². The number of benzene rings is 1. The van der Waals surface area contributed by atoms with Gasteiger partial charge in [0.1, 0.15) is 6.10 Å². The van der Waals surface area contributed by atoms with Crippen LogP contribution in [0.15, 0.2) is 24.3 Å². The molecule has 1 saturated heterocycles. The number of hydrogen-bond donors (Lipinski definition) is 0. The largest absolute Gasteiger partial charge is 0.475 e. The molecular formula is C25H38NO5P. The smallest absolute Gasteiger partial charge is 0.344 e. The third-order valence-corrected chi connectivity index (χ3v) is 7.01. The van der Waals surface area contributed by atoms with E-state index in [9.17, 15) is 9.36 Å². The summed E-state index contributed by atoms with van der Waals surface area (Å²) in [5.41, 5.74) is 1.84. The summed E-state index contributed by atoms with van der Waals surface area (Å²) in [6, 6.07) is 7.72. The van der Waals surface area contributed by atoms with Crippen molar-refractivity contribution >= 4 is 13.7 Å². The van der Waals surface area contributed by atoms with E-state index >= 15 is 0 Å². The van der Waals surface area contributed by atoms with Crippen LogP contribution >= 0.6 is 7.82 Å². The van der Waals surface area contributed by atoms with Crippen LogP contribution in [0, 0.1) is 30.6 Å². The van der Waals surface area contributed by atoms with Crippen molar-refractivity contribution in [1.29, 1.82) is 0 Å². The highest BCUT2D eigenvalue weighted by atomic mass is 31.2. The van der Waals surface area contributed by atoms with E-state index in [1.807, 2.05) is 31.2 Å². The average Bonchev–Trinajstić information content (AvgIpc) is 2.96. The van der Waals surface area contributed by atoms with E-state index < -0.39 is 19.8 Å². The molecule has 0 unspecified atom stereocenters. The predicted octanol–water partition coefficient (Wildman–Crippen LogP) is 5.91. The second-order valence-corrected chi connectivity index (χ2v) is 10.5. The number of nitrogens with zero attached hydrogens (tertiary/aromatic N) is 1. The maximum Gasteiger partial charge on any atom is 0.475 e. The van der Waals surface area contributed by atoms with Gasteiger partial charge >= 0.3 is 7.82 Å². The molecule has 0 bridgehead atoms. The Kier molecular flexibility index (Phi) is 9.98. The first kappa shape index (κ1) is 26.6.